The summed E-state index contributed by atoms with van der Waals surface area (Å²) in [7, 11) is 0. The van der Waals surface area contributed by atoms with Crippen molar-refractivity contribution in [2.75, 3.05) is 25.0 Å². The third-order valence-corrected chi connectivity index (χ3v) is 5.73. The molecule has 0 saturated carbocycles. The van der Waals surface area contributed by atoms with Crippen LogP contribution in [0.1, 0.15) is 59.7 Å². The topological polar surface area (TPSA) is 111 Å². The predicted molar refractivity (Wildman–Crippen MR) is 126 cm³/mol. The Bertz CT molecular complexity index is 1010. The van der Waals surface area contributed by atoms with Gasteiger partial charge in [-0.05, 0) is 74.9 Å². The second-order valence-electron chi connectivity index (χ2n) is 9.13. The van der Waals surface area contributed by atoms with Crippen LogP contribution in [0.5, 0.6) is 0 Å². The molecule has 1 saturated heterocycles. The van der Waals surface area contributed by atoms with Crippen LogP contribution >= 0.6 is 0 Å². The largest absolute Gasteiger partial charge is 0.339 e. The zero-order valence-corrected chi connectivity index (χ0v) is 18.9. The predicted octanol–water partition coefficient (Wildman–Crippen LogP) is 3.75. The highest BCUT2D eigenvalue weighted by Gasteiger charge is 2.25. The Morgan fingerprint density at radius 3 is 2.41 bits per heavy atom. The minimum Gasteiger partial charge on any atom is -0.339 e. The molecule has 168 valence electrons. The fourth-order valence-corrected chi connectivity index (χ4v) is 3.79. The number of nitrogens with zero attached hydrogens (tertiary/aromatic N) is 2. The van der Waals surface area contributed by atoms with Crippen molar-refractivity contribution >= 4 is 17.6 Å². The van der Waals surface area contributed by atoms with Gasteiger partial charge in [0.25, 0.3) is 5.91 Å². The summed E-state index contributed by atoms with van der Waals surface area (Å²) in [5, 5.41) is 14.5. The second-order valence-corrected chi connectivity index (χ2v) is 9.13. The number of anilines is 1. The van der Waals surface area contributed by atoms with Gasteiger partial charge in [-0.1, -0.05) is 18.2 Å². The summed E-state index contributed by atoms with van der Waals surface area (Å²) in [5.41, 5.74) is 9.31. The standard InChI is InChI=1S/C25H31N5O2/c1-17-4-7-21(14-22(17)29-24(32)28-16-25(2,3)27)23(31)30-12-10-20(11-13-30)19-8-5-18(15-26)6-9-19/h4-9,14,20H,10-13,16,27H2,1-3H3,(H2,28,29,32). The van der Waals surface area contributed by atoms with E-state index in [1.54, 1.807) is 12.1 Å². The third-order valence-electron chi connectivity index (χ3n) is 5.73. The van der Waals surface area contributed by atoms with Crippen LogP contribution in [0.15, 0.2) is 42.5 Å². The van der Waals surface area contributed by atoms with Crippen LogP contribution in [0.25, 0.3) is 0 Å². The molecule has 1 fully saturated rings. The molecule has 2 aromatic rings. The number of rotatable bonds is 5. The van der Waals surface area contributed by atoms with E-state index in [2.05, 4.69) is 16.7 Å². The number of carbonyl (C=O) groups is 2. The van der Waals surface area contributed by atoms with Crippen molar-refractivity contribution in [3.05, 3.63) is 64.7 Å². The SMILES string of the molecule is Cc1ccc(C(=O)N2CCC(c3ccc(C#N)cc3)CC2)cc1NC(=O)NCC(C)(C)N. The van der Waals surface area contributed by atoms with Crippen molar-refractivity contribution in [1.82, 2.24) is 10.2 Å². The number of nitrogens with two attached hydrogens (primary N) is 1. The summed E-state index contributed by atoms with van der Waals surface area (Å²) >= 11 is 0. The number of piperidine rings is 1. The van der Waals surface area contributed by atoms with E-state index in [1.165, 1.54) is 5.56 Å². The minimum absolute atomic E-state index is 0.0326. The lowest BCUT2D eigenvalue weighted by atomic mass is 9.89. The number of benzene rings is 2. The fraction of sp³-hybridized carbons (Fsp3) is 0.400. The lowest BCUT2D eigenvalue weighted by Gasteiger charge is -2.32. The van der Waals surface area contributed by atoms with Gasteiger partial charge in [-0.15, -0.1) is 0 Å². The first-order valence-electron chi connectivity index (χ1n) is 10.9. The van der Waals surface area contributed by atoms with Gasteiger partial charge in [-0.3, -0.25) is 4.79 Å². The molecular formula is C25H31N5O2. The average Bonchev–Trinajstić information content (AvgIpc) is 2.78. The molecule has 7 heteroatoms. The normalized spacial score (nSPS) is 14.5. The molecule has 0 bridgehead atoms. The fourth-order valence-electron chi connectivity index (χ4n) is 3.79. The van der Waals surface area contributed by atoms with Crippen LogP contribution in [0.4, 0.5) is 10.5 Å². The number of hydrogen-bond acceptors (Lipinski definition) is 4. The number of likely N-dealkylation sites (tertiary alicyclic amines) is 1. The van der Waals surface area contributed by atoms with Gasteiger partial charge in [0.15, 0.2) is 0 Å². The Morgan fingerprint density at radius 1 is 1.16 bits per heavy atom. The van der Waals surface area contributed by atoms with Crippen LogP contribution in [0, 0.1) is 18.3 Å². The Balaban J connectivity index is 1.61. The molecule has 4 N–H and O–H groups in total. The van der Waals surface area contributed by atoms with Crippen molar-refractivity contribution in [2.24, 2.45) is 5.73 Å². The molecule has 1 aliphatic heterocycles. The molecule has 0 aromatic heterocycles. The average molecular weight is 434 g/mol. The maximum absolute atomic E-state index is 13.1. The number of amides is 3. The van der Waals surface area contributed by atoms with Crippen molar-refractivity contribution < 1.29 is 9.59 Å². The van der Waals surface area contributed by atoms with Gasteiger partial charge in [0.1, 0.15) is 0 Å². The van der Waals surface area contributed by atoms with Gasteiger partial charge in [-0.25, -0.2) is 4.79 Å². The quantitative estimate of drug-likeness (QED) is 0.667. The van der Waals surface area contributed by atoms with Gasteiger partial charge in [0.05, 0.1) is 11.6 Å². The van der Waals surface area contributed by atoms with Gasteiger partial charge in [0.2, 0.25) is 0 Å². The zero-order chi connectivity index (χ0) is 23.3. The van der Waals surface area contributed by atoms with E-state index in [4.69, 9.17) is 11.0 Å². The highest BCUT2D eigenvalue weighted by molar-refractivity contribution is 5.97. The molecule has 0 unspecified atom stereocenters. The summed E-state index contributed by atoms with van der Waals surface area (Å²) in [6.07, 6.45) is 1.76. The van der Waals surface area contributed by atoms with Crippen LogP contribution in [0.3, 0.4) is 0 Å². The molecule has 1 aliphatic rings. The first-order valence-corrected chi connectivity index (χ1v) is 10.9. The molecule has 7 nitrogen and oxygen atoms in total. The smallest absolute Gasteiger partial charge is 0.319 e. The first kappa shape index (κ1) is 23.3. The summed E-state index contributed by atoms with van der Waals surface area (Å²) in [5.74, 6) is 0.354. The lowest BCUT2D eigenvalue weighted by Crippen LogP contribution is -2.46. The van der Waals surface area contributed by atoms with Crippen LogP contribution < -0.4 is 16.4 Å². The number of urea groups is 1. The molecule has 32 heavy (non-hydrogen) atoms. The molecule has 3 rings (SSSR count). The zero-order valence-electron chi connectivity index (χ0n) is 18.9. The maximum atomic E-state index is 13.1. The third kappa shape index (κ3) is 6.08. The number of aryl methyl sites for hydroxylation is 1. The van der Waals surface area contributed by atoms with Crippen LogP contribution in [-0.2, 0) is 0 Å². The molecule has 0 spiro atoms. The van der Waals surface area contributed by atoms with Crippen molar-refractivity contribution in [3.8, 4) is 6.07 Å². The van der Waals surface area contributed by atoms with Crippen molar-refractivity contribution in [1.29, 1.82) is 5.26 Å². The number of carbonyl (C=O) groups excluding carboxylic acids is 2. The lowest BCUT2D eigenvalue weighted by molar-refractivity contribution is 0.0713. The molecule has 3 amide bonds. The molecular weight excluding hydrogens is 402 g/mol. The maximum Gasteiger partial charge on any atom is 0.319 e. The summed E-state index contributed by atoms with van der Waals surface area (Å²) in [6.45, 7) is 7.24. The van der Waals surface area contributed by atoms with Crippen molar-refractivity contribution in [2.45, 2.75) is 45.1 Å². The monoisotopic (exact) mass is 433 g/mol. The van der Waals surface area contributed by atoms with Crippen LogP contribution in [-0.4, -0.2) is 42.0 Å². The summed E-state index contributed by atoms with van der Waals surface area (Å²) < 4.78 is 0. The van der Waals surface area contributed by atoms with Gasteiger partial charge in [0, 0.05) is 36.4 Å². The van der Waals surface area contributed by atoms with Gasteiger partial charge in [-0.2, -0.15) is 5.26 Å². The molecule has 0 radical (unpaired) electrons. The molecule has 0 atom stereocenters. The molecule has 2 aromatic carbocycles. The van der Waals surface area contributed by atoms with Gasteiger partial charge >= 0.3 is 6.03 Å². The van der Waals surface area contributed by atoms with E-state index in [1.807, 2.05) is 56.0 Å². The minimum atomic E-state index is -0.506. The van der Waals surface area contributed by atoms with Gasteiger partial charge < -0.3 is 21.3 Å². The van der Waals surface area contributed by atoms with Crippen LogP contribution in [0.2, 0.25) is 0 Å². The van der Waals surface area contributed by atoms with E-state index in [9.17, 15) is 9.59 Å². The Labute approximate surface area is 189 Å². The highest BCUT2D eigenvalue weighted by Crippen LogP contribution is 2.29. The van der Waals surface area contributed by atoms with E-state index < -0.39 is 5.54 Å². The van der Waals surface area contributed by atoms with Crippen molar-refractivity contribution in [3.63, 3.8) is 0 Å². The first-order chi connectivity index (χ1) is 15.2. The summed E-state index contributed by atoms with van der Waals surface area (Å²) in [6, 6.07) is 14.9. The molecule has 1 heterocycles. The molecule has 0 aliphatic carbocycles. The summed E-state index contributed by atoms with van der Waals surface area (Å²) in [4.78, 5) is 27.2. The Kier molecular flexibility index (Phi) is 7.16. The Morgan fingerprint density at radius 2 is 1.81 bits per heavy atom. The van der Waals surface area contributed by atoms with E-state index in [0.29, 0.717) is 42.4 Å². The Hall–Kier alpha value is -3.37. The highest BCUT2D eigenvalue weighted by atomic mass is 16.2. The number of nitrogens with one attached hydrogen (secondary N) is 2. The number of nitriles is 1. The second kappa shape index (κ2) is 9.84. The van der Waals surface area contributed by atoms with E-state index in [-0.39, 0.29) is 11.9 Å². The van der Waals surface area contributed by atoms with E-state index >= 15 is 0 Å². The number of hydrogen-bond donors (Lipinski definition) is 3. The van der Waals surface area contributed by atoms with E-state index in [0.717, 1.165) is 18.4 Å².